The summed E-state index contributed by atoms with van der Waals surface area (Å²) in [5, 5.41) is 27.8. The summed E-state index contributed by atoms with van der Waals surface area (Å²) in [5.41, 5.74) is -0.523. The second kappa shape index (κ2) is 32.0. The summed E-state index contributed by atoms with van der Waals surface area (Å²) >= 11 is 0. The molecule has 0 heterocycles. The topological polar surface area (TPSA) is 203 Å². The summed E-state index contributed by atoms with van der Waals surface area (Å²) in [6.45, 7) is 10.6. The molecule has 0 radical (unpaired) electrons. The summed E-state index contributed by atoms with van der Waals surface area (Å²) in [6, 6.07) is 3.43. The van der Waals surface area contributed by atoms with Gasteiger partial charge in [0.15, 0.2) is 0 Å². The average molecular weight is 681 g/mol. The maximum Gasteiger partial charge on any atom is 0.299 e. The summed E-state index contributed by atoms with van der Waals surface area (Å²) in [6.07, 6.45) is 0. The van der Waals surface area contributed by atoms with Crippen LogP contribution < -0.4 is 10.6 Å². The maximum absolute atomic E-state index is 11.1. The quantitative estimate of drug-likeness (QED) is 0.0583. The van der Waals surface area contributed by atoms with Crippen molar-refractivity contribution in [1.29, 1.82) is 0 Å². The number of nitro groups is 2. The molecule has 0 atom stereocenters. The van der Waals surface area contributed by atoms with Crippen LogP contribution in [0.5, 0.6) is 0 Å². The van der Waals surface area contributed by atoms with Crippen molar-refractivity contribution < 1.29 is 57.2 Å². The zero-order valence-electron chi connectivity index (χ0n) is 27.4. The lowest BCUT2D eigenvalue weighted by atomic mass is 10.2. The van der Waals surface area contributed by atoms with Crippen LogP contribution in [-0.4, -0.2) is 162 Å². The number of non-ortho nitro benzene ring substituents is 1. The molecule has 0 amide bonds. The fourth-order valence-electron chi connectivity index (χ4n) is 3.45. The normalized spacial score (nSPS) is 11.3. The van der Waals surface area contributed by atoms with E-state index in [1.54, 1.807) is 0 Å². The Hall–Kier alpha value is -2.62. The number of rotatable bonds is 36. The van der Waals surface area contributed by atoms with E-state index in [1.807, 2.05) is 7.05 Å². The van der Waals surface area contributed by atoms with E-state index < -0.39 is 9.85 Å². The summed E-state index contributed by atoms with van der Waals surface area (Å²) in [4.78, 5) is 20.6. The van der Waals surface area contributed by atoms with Crippen LogP contribution in [0.3, 0.4) is 0 Å². The molecule has 1 aromatic carbocycles. The van der Waals surface area contributed by atoms with Gasteiger partial charge in [-0.25, -0.2) is 0 Å². The molecule has 0 aliphatic heterocycles. The van der Waals surface area contributed by atoms with E-state index in [0.29, 0.717) is 132 Å². The number of nitrogens with one attached hydrogen (secondary N) is 2. The third-order valence-corrected chi connectivity index (χ3v) is 5.80. The van der Waals surface area contributed by atoms with Crippen LogP contribution in [0, 0.1) is 20.2 Å². The van der Waals surface area contributed by atoms with Gasteiger partial charge in [0.25, 0.3) is 11.4 Å². The molecular formula is C29H52N4O14. The van der Waals surface area contributed by atoms with Crippen LogP contribution in [0.1, 0.15) is 0 Å². The lowest BCUT2D eigenvalue weighted by Gasteiger charge is -2.09. The molecule has 272 valence electrons. The fourth-order valence-corrected chi connectivity index (χ4v) is 3.45. The molecule has 0 aliphatic carbocycles. The third-order valence-electron chi connectivity index (χ3n) is 5.80. The summed E-state index contributed by atoms with van der Waals surface area (Å²) in [5.74, 6) is 0. The number of likely N-dealkylation sites (N-methyl/N-ethyl adjacent to an activating group) is 1. The molecule has 1 rings (SSSR count). The van der Waals surface area contributed by atoms with Crippen molar-refractivity contribution in [3.63, 3.8) is 0 Å². The van der Waals surface area contributed by atoms with Crippen LogP contribution >= 0.6 is 0 Å². The van der Waals surface area contributed by atoms with Gasteiger partial charge in [-0.1, -0.05) is 0 Å². The zero-order chi connectivity index (χ0) is 34.0. The van der Waals surface area contributed by atoms with Gasteiger partial charge in [0.1, 0.15) is 5.69 Å². The van der Waals surface area contributed by atoms with Gasteiger partial charge in [-0.3, -0.25) is 20.2 Å². The van der Waals surface area contributed by atoms with Crippen LogP contribution in [0.2, 0.25) is 0 Å². The molecule has 18 heteroatoms. The van der Waals surface area contributed by atoms with Gasteiger partial charge in [0.2, 0.25) is 0 Å². The molecule has 0 aliphatic rings. The van der Waals surface area contributed by atoms with Gasteiger partial charge in [-0.05, 0) is 13.1 Å². The van der Waals surface area contributed by atoms with Gasteiger partial charge in [0, 0.05) is 19.2 Å². The fraction of sp³-hybridized carbons (Fsp3) is 0.793. The van der Waals surface area contributed by atoms with E-state index in [0.717, 1.165) is 12.6 Å². The van der Waals surface area contributed by atoms with E-state index in [9.17, 15) is 20.2 Å². The molecule has 2 N–H and O–H groups in total. The summed E-state index contributed by atoms with van der Waals surface area (Å²) in [7, 11) is 1.88. The SMILES string of the molecule is CNCCOCCOCCOCCOCCOCCOCCOCCOCCOCCOCCNc1ccc([N+](=O)[O-])cc1[N+](=O)[O-]. The standard InChI is InChI=1S/C29H52N4O14/c1-30-4-6-38-8-10-40-12-14-42-16-18-44-20-22-46-24-25-47-23-21-45-19-17-43-15-13-41-11-9-39-7-5-31-28-3-2-27(32(34)35)26-29(28)33(36)37/h2-3,26,30-31H,4-25H2,1H3. The number of nitrogens with zero attached hydrogens (tertiary/aromatic N) is 2. The number of ether oxygens (including phenoxy) is 10. The Morgan fingerprint density at radius 1 is 0.489 bits per heavy atom. The Kier molecular flexibility index (Phi) is 28.8. The van der Waals surface area contributed by atoms with Crippen LogP contribution in [0.15, 0.2) is 18.2 Å². The van der Waals surface area contributed by atoms with Gasteiger partial charge < -0.3 is 58.0 Å². The molecule has 0 saturated heterocycles. The van der Waals surface area contributed by atoms with E-state index in [2.05, 4.69) is 10.6 Å². The molecule has 0 bridgehead atoms. The Morgan fingerprint density at radius 2 is 0.809 bits per heavy atom. The van der Waals surface area contributed by atoms with Crippen molar-refractivity contribution in [3.05, 3.63) is 38.4 Å². The number of nitro benzene ring substituents is 2. The Balaban J connectivity index is 1.73. The predicted octanol–water partition coefficient (Wildman–Crippen LogP) is 1.30. The van der Waals surface area contributed by atoms with E-state index in [-0.39, 0.29) is 23.7 Å². The monoisotopic (exact) mass is 680 g/mol. The predicted molar refractivity (Wildman–Crippen MR) is 170 cm³/mol. The molecule has 47 heavy (non-hydrogen) atoms. The highest BCUT2D eigenvalue weighted by atomic mass is 16.6. The van der Waals surface area contributed by atoms with Crippen molar-refractivity contribution >= 4 is 17.1 Å². The van der Waals surface area contributed by atoms with E-state index >= 15 is 0 Å². The summed E-state index contributed by atoms with van der Waals surface area (Å²) < 4.78 is 54.3. The van der Waals surface area contributed by atoms with Gasteiger partial charge >= 0.3 is 0 Å². The molecule has 18 nitrogen and oxygen atoms in total. The lowest BCUT2D eigenvalue weighted by molar-refractivity contribution is -0.393. The smallest absolute Gasteiger partial charge is 0.299 e. The molecule has 0 aromatic heterocycles. The van der Waals surface area contributed by atoms with Crippen LogP contribution in [-0.2, 0) is 47.4 Å². The second-order valence-corrected chi connectivity index (χ2v) is 9.37. The van der Waals surface area contributed by atoms with Gasteiger partial charge in [-0.2, -0.15) is 0 Å². The number of benzene rings is 1. The highest BCUT2D eigenvalue weighted by Crippen LogP contribution is 2.28. The molecule has 0 saturated carbocycles. The first-order valence-corrected chi connectivity index (χ1v) is 15.6. The van der Waals surface area contributed by atoms with Crippen molar-refractivity contribution in [3.8, 4) is 0 Å². The number of anilines is 1. The van der Waals surface area contributed by atoms with E-state index in [4.69, 9.17) is 47.4 Å². The van der Waals surface area contributed by atoms with Gasteiger partial charge in [-0.15, -0.1) is 0 Å². The van der Waals surface area contributed by atoms with Crippen molar-refractivity contribution in [2.75, 3.05) is 158 Å². The van der Waals surface area contributed by atoms with Crippen molar-refractivity contribution in [2.45, 2.75) is 0 Å². The largest absolute Gasteiger partial charge is 0.378 e. The van der Waals surface area contributed by atoms with Crippen molar-refractivity contribution in [2.24, 2.45) is 0 Å². The second-order valence-electron chi connectivity index (χ2n) is 9.37. The molecule has 1 aromatic rings. The first kappa shape index (κ1) is 42.4. The maximum atomic E-state index is 11.1. The number of hydrogen-bond acceptors (Lipinski definition) is 16. The lowest BCUT2D eigenvalue weighted by Crippen LogP contribution is -2.17. The van der Waals surface area contributed by atoms with Gasteiger partial charge in [0.05, 0.1) is 148 Å². The number of hydrogen-bond donors (Lipinski definition) is 2. The molecule has 0 fully saturated rings. The third kappa shape index (κ3) is 26.1. The zero-order valence-corrected chi connectivity index (χ0v) is 27.4. The highest BCUT2D eigenvalue weighted by Gasteiger charge is 2.19. The molecular weight excluding hydrogens is 628 g/mol. The molecule has 0 unspecified atom stereocenters. The van der Waals surface area contributed by atoms with Crippen LogP contribution in [0.25, 0.3) is 0 Å². The Labute approximate surface area is 275 Å². The van der Waals surface area contributed by atoms with Crippen molar-refractivity contribution in [1.82, 2.24) is 5.32 Å². The average Bonchev–Trinajstić information content (AvgIpc) is 3.06. The minimum Gasteiger partial charge on any atom is -0.378 e. The van der Waals surface area contributed by atoms with E-state index in [1.165, 1.54) is 12.1 Å². The first-order chi connectivity index (χ1) is 23.1. The Bertz CT molecular complexity index is 902. The Morgan fingerprint density at radius 3 is 1.11 bits per heavy atom. The molecule has 0 spiro atoms. The minimum absolute atomic E-state index is 0.187. The minimum atomic E-state index is -0.681. The van der Waals surface area contributed by atoms with Crippen LogP contribution in [0.4, 0.5) is 17.1 Å². The first-order valence-electron chi connectivity index (χ1n) is 15.6. The highest BCUT2D eigenvalue weighted by molar-refractivity contribution is 5.65.